The highest BCUT2D eigenvalue weighted by molar-refractivity contribution is 6.01. The topological polar surface area (TPSA) is 111 Å². The van der Waals surface area contributed by atoms with Crippen molar-refractivity contribution in [2.75, 3.05) is 26.3 Å². The second kappa shape index (κ2) is 12.0. The first kappa shape index (κ1) is 29.6. The van der Waals surface area contributed by atoms with E-state index in [0.29, 0.717) is 23.5 Å². The minimum Gasteiger partial charge on any atom is -0.489 e. The quantitative estimate of drug-likeness (QED) is 0.448. The Morgan fingerprint density at radius 3 is 2.33 bits per heavy atom. The van der Waals surface area contributed by atoms with Crippen LogP contribution in [-0.2, 0) is 37.8 Å². The van der Waals surface area contributed by atoms with Gasteiger partial charge in [-0.3, -0.25) is 19.3 Å². The van der Waals surface area contributed by atoms with Crippen LogP contribution in [0.4, 0.5) is 0 Å². The van der Waals surface area contributed by atoms with Crippen LogP contribution in [0.25, 0.3) is 0 Å². The summed E-state index contributed by atoms with van der Waals surface area (Å²) in [6.07, 6.45) is 0.0695. The highest BCUT2D eigenvalue weighted by atomic mass is 16.6. The Bertz CT molecular complexity index is 1230. The van der Waals surface area contributed by atoms with Crippen molar-refractivity contribution in [1.29, 1.82) is 0 Å². The molecule has 40 heavy (non-hydrogen) atoms. The average molecular weight is 552 g/mol. The fourth-order valence-electron chi connectivity index (χ4n) is 5.29. The lowest BCUT2D eigenvalue weighted by Crippen LogP contribution is -2.47. The van der Waals surface area contributed by atoms with Gasteiger partial charge >= 0.3 is 5.97 Å². The smallest absolute Gasteiger partial charge is 0.306 e. The maximum Gasteiger partial charge on any atom is 0.306 e. The van der Waals surface area contributed by atoms with Gasteiger partial charge in [0.05, 0.1) is 19.8 Å². The standard InChI is InChI=1S/C31H41N3O6/c1-30(2,3)40-27(35)14-13-25(28(32)36)34-19-24-23(29(34)37)7-6-8-26(24)39-20-21-9-11-22(12-10-21)31(4,5)33-15-17-38-18-16-33/h6-12,25H,13-20H2,1-5H3,(H2,32,36)/t25-/m0/s1. The monoisotopic (exact) mass is 551 g/mol. The number of nitrogens with zero attached hydrogens (tertiary/aromatic N) is 2. The third-order valence-corrected chi connectivity index (χ3v) is 7.56. The molecule has 1 saturated heterocycles. The number of carbonyl (C=O) groups is 3. The van der Waals surface area contributed by atoms with Crippen LogP contribution in [-0.4, -0.2) is 65.5 Å². The lowest BCUT2D eigenvalue weighted by atomic mass is 9.91. The molecule has 1 fully saturated rings. The number of rotatable bonds is 10. The molecular weight excluding hydrogens is 510 g/mol. The lowest BCUT2D eigenvalue weighted by Gasteiger charge is -2.41. The van der Waals surface area contributed by atoms with E-state index in [1.54, 1.807) is 32.9 Å². The molecular formula is C31H41N3O6. The summed E-state index contributed by atoms with van der Waals surface area (Å²) in [5.41, 5.74) is 8.34. The van der Waals surface area contributed by atoms with Gasteiger partial charge in [0.1, 0.15) is 24.0 Å². The van der Waals surface area contributed by atoms with Crippen molar-refractivity contribution in [3.05, 3.63) is 64.7 Å². The van der Waals surface area contributed by atoms with Crippen molar-refractivity contribution in [1.82, 2.24) is 9.80 Å². The first-order chi connectivity index (χ1) is 18.9. The van der Waals surface area contributed by atoms with Crippen molar-refractivity contribution in [2.45, 2.75) is 77.8 Å². The number of carbonyl (C=O) groups excluding carboxylic acids is 3. The molecule has 9 nitrogen and oxygen atoms in total. The van der Waals surface area contributed by atoms with E-state index >= 15 is 0 Å². The van der Waals surface area contributed by atoms with Crippen molar-refractivity contribution >= 4 is 17.8 Å². The van der Waals surface area contributed by atoms with Gasteiger partial charge in [-0.25, -0.2) is 0 Å². The third-order valence-electron chi connectivity index (χ3n) is 7.56. The number of primary amides is 1. The molecule has 0 aromatic heterocycles. The van der Waals surface area contributed by atoms with Gasteiger partial charge in [0.2, 0.25) is 5.91 Å². The summed E-state index contributed by atoms with van der Waals surface area (Å²) in [6, 6.07) is 12.8. The van der Waals surface area contributed by atoms with Crippen LogP contribution in [0.15, 0.2) is 42.5 Å². The van der Waals surface area contributed by atoms with Gasteiger partial charge in [-0.15, -0.1) is 0 Å². The third kappa shape index (κ3) is 6.82. The van der Waals surface area contributed by atoms with E-state index < -0.39 is 23.5 Å². The number of hydrogen-bond acceptors (Lipinski definition) is 7. The SMILES string of the molecule is CC(C)(C)OC(=O)CC[C@@H](C(N)=O)N1Cc2c(OCc3ccc(C(C)(C)N4CCOCC4)cc3)cccc2C1=O. The number of esters is 1. The minimum atomic E-state index is -0.928. The van der Waals surface area contributed by atoms with Gasteiger partial charge in [0, 0.05) is 36.2 Å². The molecule has 1 atom stereocenters. The summed E-state index contributed by atoms with van der Waals surface area (Å²) in [4.78, 5) is 41.6. The molecule has 2 amide bonds. The summed E-state index contributed by atoms with van der Waals surface area (Å²) in [7, 11) is 0. The van der Waals surface area contributed by atoms with E-state index in [2.05, 4.69) is 43.0 Å². The molecule has 2 aromatic carbocycles. The predicted octanol–water partition coefficient (Wildman–Crippen LogP) is 3.76. The normalized spacial score (nSPS) is 16.9. The summed E-state index contributed by atoms with van der Waals surface area (Å²) in [5, 5.41) is 0. The second-order valence-electron chi connectivity index (χ2n) is 11.9. The number of hydrogen-bond donors (Lipinski definition) is 1. The Balaban J connectivity index is 1.41. The molecule has 0 unspecified atom stereocenters. The molecule has 0 aliphatic carbocycles. The Kier molecular flexibility index (Phi) is 8.85. The Hall–Kier alpha value is -3.43. The molecule has 0 radical (unpaired) electrons. The number of nitrogens with two attached hydrogens (primary N) is 1. The first-order valence-electron chi connectivity index (χ1n) is 13.9. The van der Waals surface area contributed by atoms with Crippen molar-refractivity contribution in [3.63, 3.8) is 0 Å². The van der Waals surface area contributed by atoms with Crippen molar-refractivity contribution in [2.24, 2.45) is 5.73 Å². The van der Waals surface area contributed by atoms with E-state index in [4.69, 9.17) is 19.9 Å². The van der Waals surface area contributed by atoms with Crippen LogP contribution in [0.2, 0.25) is 0 Å². The molecule has 4 rings (SSSR count). The van der Waals surface area contributed by atoms with E-state index in [0.717, 1.165) is 31.9 Å². The number of fused-ring (bicyclic) bond motifs is 1. The van der Waals surface area contributed by atoms with Crippen molar-refractivity contribution < 1.29 is 28.6 Å². The fraction of sp³-hybridized carbons (Fsp3) is 0.516. The van der Waals surface area contributed by atoms with Crippen LogP contribution in [0.1, 0.15) is 74.5 Å². The maximum atomic E-state index is 13.2. The van der Waals surface area contributed by atoms with Crippen LogP contribution in [0.3, 0.4) is 0 Å². The van der Waals surface area contributed by atoms with Gasteiger partial charge < -0.3 is 24.8 Å². The zero-order valence-corrected chi connectivity index (χ0v) is 24.2. The zero-order chi connectivity index (χ0) is 29.1. The Morgan fingerprint density at radius 1 is 1.02 bits per heavy atom. The minimum absolute atomic E-state index is 0.0211. The summed E-state index contributed by atoms with van der Waals surface area (Å²) in [6.45, 7) is 13.6. The van der Waals surface area contributed by atoms with E-state index in [-0.39, 0.29) is 30.8 Å². The number of amides is 2. The largest absolute Gasteiger partial charge is 0.489 e. The Labute approximate surface area is 236 Å². The molecule has 0 saturated carbocycles. The molecule has 2 heterocycles. The van der Waals surface area contributed by atoms with Gasteiger partial charge in [-0.05, 0) is 64.3 Å². The highest BCUT2D eigenvalue weighted by Gasteiger charge is 2.37. The molecule has 2 aliphatic rings. The van der Waals surface area contributed by atoms with Crippen LogP contribution >= 0.6 is 0 Å². The van der Waals surface area contributed by atoms with Crippen LogP contribution in [0.5, 0.6) is 5.75 Å². The summed E-state index contributed by atoms with van der Waals surface area (Å²) >= 11 is 0. The van der Waals surface area contributed by atoms with Crippen molar-refractivity contribution in [3.8, 4) is 5.75 Å². The summed E-state index contributed by atoms with van der Waals surface area (Å²) < 4.78 is 17.0. The Morgan fingerprint density at radius 2 is 1.70 bits per heavy atom. The second-order valence-corrected chi connectivity index (χ2v) is 11.9. The summed E-state index contributed by atoms with van der Waals surface area (Å²) in [5.74, 6) is -0.817. The number of morpholine rings is 1. The average Bonchev–Trinajstić information content (AvgIpc) is 3.23. The molecule has 216 valence electrons. The van der Waals surface area contributed by atoms with Gasteiger partial charge in [-0.1, -0.05) is 30.3 Å². The highest BCUT2D eigenvalue weighted by Crippen LogP contribution is 2.34. The number of ether oxygens (including phenoxy) is 3. The maximum absolute atomic E-state index is 13.2. The molecule has 2 aromatic rings. The van der Waals surface area contributed by atoms with Gasteiger partial charge in [0.15, 0.2) is 0 Å². The molecule has 0 spiro atoms. The van der Waals surface area contributed by atoms with E-state index in [9.17, 15) is 14.4 Å². The van der Waals surface area contributed by atoms with E-state index in [1.165, 1.54) is 10.5 Å². The van der Waals surface area contributed by atoms with Gasteiger partial charge in [-0.2, -0.15) is 0 Å². The zero-order valence-electron chi connectivity index (χ0n) is 24.2. The number of benzene rings is 2. The van der Waals surface area contributed by atoms with E-state index in [1.807, 2.05) is 6.07 Å². The fourth-order valence-corrected chi connectivity index (χ4v) is 5.29. The van der Waals surface area contributed by atoms with Gasteiger partial charge in [0.25, 0.3) is 5.91 Å². The van der Waals surface area contributed by atoms with Crippen LogP contribution in [0, 0.1) is 0 Å². The molecule has 2 N–H and O–H groups in total. The first-order valence-corrected chi connectivity index (χ1v) is 13.9. The lowest BCUT2D eigenvalue weighted by molar-refractivity contribution is -0.155. The van der Waals surface area contributed by atoms with Crippen LogP contribution < -0.4 is 10.5 Å². The molecule has 9 heteroatoms. The molecule has 2 aliphatic heterocycles. The molecule has 0 bridgehead atoms. The predicted molar refractivity (Wildman–Crippen MR) is 151 cm³/mol.